The van der Waals surface area contributed by atoms with Crippen LogP contribution in [-0.2, 0) is 16.4 Å². The van der Waals surface area contributed by atoms with E-state index in [2.05, 4.69) is 0 Å². The molecule has 160 valence electrons. The third kappa shape index (κ3) is 5.85. The summed E-state index contributed by atoms with van der Waals surface area (Å²) in [4.78, 5) is 12.8. The molecule has 3 N–H and O–H groups in total. The summed E-state index contributed by atoms with van der Waals surface area (Å²) in [5.41, 5.74) is 1.83. The van der Waals surface area contributed by atoms with Crippen LogP contribution in [0.25, 0.3) is 0 Å². The summed E-state index contributed by atoms with van der Waals surface area (Å²) in [5, 5.41) is 22.5. The number of hydrogen-bond acceptors (Lipinski definition) is 5. The second-order valence-corrected chi connectivity index (χ2v) is 9.17. The van der Waals surface area contributed by atoms with Crippen molar-refractivity contribution in [2.24, 2.45) is 0 Å². The van der Waals surface area contributed by atoms with Crippen molar-refractivity contribution in [3.05, 3.63) is 45.9 Å². The molecule has 7 heteroatoms. The Balaban J connectivity index is 2.55. The average Bonchev–Trinajstić information content (AvgIpc) is 2.61. The highest BCUT2D eigenvalue weighted by Crippen LogP contribution is 2.44. The van der Waals surface area contributed by atoms with Crippen molar-refractivity contribution in [1.82, 2.24) is 4.72 Å². The number of hydrogen-bond donors (Lipinski definition) is 3. The lowest BCUT2D eigenvalue weighted by molar-refractivity contribution is 0.0978. The lowest BCUT2D eigenvalue weighted by Gasteiger charge is -2.24. The quantitative estimate of drug-likeness (QED) is 0.419. The number of carbonyl (C=O) groups excluding carboxylic acids is 1. The molecule has 29 heavy (non-hydrogen) atoms. The summed E-state index contributed by atoms with van der Waals surface area (Å²) in [6, 6.07) is 1.50. The van der Waals surface area contributed by atoms with E-state index in [1.807, 2.05) is 24.6 Å². The van der Waals surface area contributed by atoms with Gasteiger partial charge in [0.2, 0.25) is 0 Å². The molecule has 0 radical (unpaired) electrons. The second kappa shape index (κ2) is 9.96. The van der Waals surface area contributed by atoms with Crippen molar-refractivity contribution in [1.29, 1.82) is 0 Å². The minimum absolute atomic E-state index is 0.0576. The molecule has 0 saturated carbocycles. The molecule has 6 nitrogen and oxygen atoms in total. The van der Waals surface area contributed by atoms with Crippen molar-refractivity contribution in [2.75, 3.05) is 0 Å². The van der Waals surface area contributed by atoms with Gasteiger partial charge in [0, 0.05) is 16.9 Å². The van der Waals surface area contributed by atoms with Gasteiger partial charge in [-0.3, -0.25) is 4.79 Å². The topological polar surface area (TPSA) is 104 Å². The highest BCUT2D eigenvalue weighted by molar-refractivity contribution is 7.92. The average molecular weight is 422 g/mol. The van der Waals surface area contributed by atoms with Crippen LogP contribution in [0.3, 0.4) is 0 Å². The fourth-order valence-corrected chi connectivity index (χ4v) is 4.62. The van der Waals surface area contributed by atoms with Crippen LogP contribution in [-0.4, -0.2) is 24.5 Å². The summed E-state index contributed by atoms with van der Waals surface area (Å²) >= 11 is 0. The minimum atomic E-state index is -3.96. The SMILES string of the molecule is CC=CS(=O)(=O)NC(=O)c1c(CCCCC)cc(O)c(C2C=C(C)CCC2)c1O. The molecule has 0 aliphatic heterocycles. The summed E-state index contributed by atoms with van der Waals surface area (Å²) in [7, 11) is -3.96. The molecule has 0 fully saturated rings. The highest BCUT2D eigenvalue weighted by atomic mass is 32.2. The van der Waals surface area contributed by atoms with E-state index in [0.717, 1.165) is 49.5 Å². The molecule has 0 spiro atoms. The number of nitrogens with one attached hydrogen (secondary N) is 1. The lowest BCUT2D eigenvalue weighted by Crippen LogP contribution is -2.30. The molecular formula is C22H31NO5S. The van der Waals surface area contributed by atoms with Crippen LogP contribution in [0.15, 0.2) is 29.2 Å². The maximum atomic E-state index is 12.8. The van der Waals surface area contributed by atoms with Gasteiger partial charge in [-0.05, 0) is 57.6 Å². The number of aryl methyl sites for hydroxylation is 1. The molecule has 0 bridgehead atoms. The number of benzene rings is 1. The maximum Gasteiger partial charge on any atom is 0.269 e. The van der Waals surface area contributed by atoms with E-state index in [1.54, 1.807) is 0 Å². The van der Waals surface area contributed by atoms with Crippen LogP contribution in [0.1, 0.15) is 86.7 Å². The zero-order valence-corrected chi connectivity index (χ0v) is 18.2. The molecule has 1 aromatic carbocycles. The fraction of sp³-hybridized carbons (Fsp3) is 0.500. The van der Waals surface area contributed by atoms with Gasteiger partial charge in [0.25, 0.3) is 15.9 Å². The third-order valence-electron chi connectivity index (χ3n) is 5.17. The second-order valence-electron chi connectivity index (χ2n) is 7.61. The highest BCUT2D eigenvalue weighted by Gasteiger charge is 2.28. The Kier molecular flexibility index (Phi) is 7.90. The molecule has 0 heterocycles. The Morgan fingerprint density at radius 2 is 2.03 bits per heavy atom. The van der Waals surface area contributed by atoms with Gasteiger partial charge < -0.3 is 10.2 Å². The van der Waals surface area contributed by atoms with Crippen molar-refractivity contribution in [3.63, 3.8) is 0 Å². The first kappa shape index (κ1) is 23.0. The van der Waals surface area contributed by atoms with E-state index < -0.39 is 15.9 Å². The Labute approximate surface area is 173 Å². The van der Waals surface area contributed by atoms with Crippen molar-refractivity contribution < 1.29 is 23.4 Å². The number of unbranched alkanes of at least 4 members (excludes halogenated alkanes) is 2. The van der Waals surface area contributed by atoms with Crippen LogP contribution in [0.5, 0.6) is 11.5 Å². The number of sulfonamides is 1. The van der Waals surface area contributed by atoms with E-state index in [9.17, 15) is 23.4 Å². The summed E-state index contributed by atoms with van der Waals surface area (Å²) in [5.74, 6) is -1.49. The third-order valence-corrected chi connectivity index (χ3v) is 6.27. The van der Waals surface area contributed by atoms with Gasteiger partial charge >= 0.3 is 0 Å². The first-order valence-electron chi connectivity index (χ1n) is 10.1. The summed E-state index contributed by atoms with van der Waals surface area (Å²) < 4.78 is 26.1. The number of carbonyl (C=O) groups is 1. The molecule has 0 aromatic heterocycles. The number of amides is 1. The fourth-order valence-electron chi connectivity index (χ4n) is 3.84. The molecule has 1 aliphatic rings. The molecule has 1 unspecified atom stereocenters. The van der Waals surface area contributed by atoms with Crippen LogP contribution in [0.2, 0.25) is 0 Å². The Hall–Kier alpha value is -2.28. The number of aromatic hydroxyl groups is 2. The maximum absolute atomic E-state index is 12.8. The smallest absolute Gasteiger partial charge is 0.269 e. The van der Waals surface area contributed by atoms with E-state index >= 15 is 0 Å². The molecular weight excluding hydrogens is 390 g/mol. The van der Waals surface area contributed by atoms with Crippen molar-refractivity contribution in [2.45, 2.75) is 71.6 Å². The monoisotopic (exact) mass is 421 g/mol. The standard InChI is InChI=1S/C22H31NO5S/c1-4-6-7-10-17-14-18(24)19(16-11-8-9-15(3)13-16)21(25)20(17)22(26)23-29(27,28)12-5-2/h5,12-14,16,24-25H,4,6-11H2,1-3H3,(H,23,26). The number of phenols is 2. The molecule has 1 aliphatic carbocycles. The first-order chi connectivity index (χ1) is 13.7. The molecule has 1 aromatic rings. The van der Waals surface area contributed by atoms with E-state index in [4.69, 9.17) is 0 Å². The van der Waals surface area contributed by atoms with E-state index in [1.165, 1.54) is 19.1 Å². The lowest BCUT2D eigenvalue weighted by atomic mass is 9.83. The largest absolute Gasteiger partial charge is 0.507 e. The normalized spacial score (nSPS) is 17.3. The number of allylic oxidation sites excluding steroid dienone is 3. The van der Waals surface area contributed by atoms with Gasteiger partial charge in [-0.1, -0.05) is 37.5 Å². The predicted molar refractivity (Wildman–Crippen MR) is 115 cm³/mol. The molecule has 0 saturated heterocycles. The first-order valence-corrected chi connectivity index (χ1v) is 11.7. The van der Waals surface area contributed by atoms with Gasteiger partial charge in [-0.2, -0.15) is 0 Å². The van der Waals surface area contributed by atoms with Gasteiger partial charge in [-0.25, -0.2) is 13.1 Å². The number of phenolic OH excluding ortho intramolecular Hbond substituents is 2. The van der Waals surface area contributed by atoms with Crippen LogP contribution >= 0.6 is 0 Å². The van der Waals surface area contributed by atoms with Gasteiger partial charge in [0.15, 0.2) is 0 Å². The van der Waals surface area contributed by atoms with E-state index in [0.29, 0.717) is 12.0 Å². The van der Waals surface area contributed by atoms with Gasteiger partial charge in [-0.15, -0.1) is 0 Å². The van der Waals surface area contributed by atoms with Gasteiger partial charge in [0.1, 0.15) is 11.5 Å². The van der Waals surface area contributed by atoms with Crippen LogP contribution in [0.4, 0.5) is 0 Å². The zero-order chi connectivity index (χ0) is 21.6. The minimum Gasteiger partial charge on any atom is -0.507 e. The van der Waals surface area contributed by atoms with E-state index in [-0.39, 0.29) is 28.5 Å². The summed E-state index contributed by atoms with van der Waals surface area (Å²) in [6.07, 6.45) is 9.04. The van der Waals surface area contributed by atoms with Crippen molar-refractivity contribution >= 4 is 15.9 Å². The molecule has 1 atom stereocenters. The zero-order valence-electron chi connectivity index (χ0n) is 17.4. The molecule has 2 rings (SSSR count). The summed E-state index contributed by atoms with van der Waals surface area (Å²) in [6.45, 7) is 5.58. The molecule has 1 amide bonds. The van der Waals surface area contributed by atoms with Crippen molar-refractivity contribution in [3.8, 4) is 11.5 Å². The van der Waals surface area contributed by atoms with Crippen LogP contribution in [0, 0.1) is 0 Å². The van der Waals surface area contributed by atoms with Gasteiger partial charge in [0.05, 0.1) is 5.56 Å². The predicted octanol–water partition coefficient (Wildman–Crippen LogP) is 4.64. The Morgan fingerprint density at radius 3 is 2.66 bits per heavy atom. The Bertz CT molecular complexity index is 916. The number of rotatable bonds is 8. The van der Waals surface area contributed by atoms with Crippen LogP contribution < -0.4 is 4.72 Å². The Morgan fingerprint density at radius 1 is 1.31 bits per heavy atom.